The molecule has 1 aromatic heterocycles. The van der Waals surface area contributed by atoms with Crippen LogP contribution in [0.4, 0.5) is 5.69 Å². The Hall–Kier alpha value is -3.27. The van der Waals surface area contributed by atoms with Crippen molar-refractivity contribution in [2.75, 3.05) is 25.1 Å². The highest BCUT2D eigenvalue weighted by Crippen LogP contribution is 2.26. The summed E-state index contributed by atoms with van der Waals surface area (Å²) < 4.78 is 9.60. The Morgan fingerprint density at radius 1 is 1.40 bits per heavy atom. The molecule has 25 heavy (non-hydrogen) atoms. The molecule has 1 aromatic carbocycles. The van der Waals surface area contributed by atoms with Crippen LogP contribution < -0.4 is 15.6 Å². The molecule has 7 heteroatoms. The van der Waals surface area contributed by atoms with Gasteiger partial charge in [0, 0.05) is 36.3 Å². The number of nitriles is 1. The highest BCUT2D eigenvalue weighted by atomic mass is 16.5. The number of nitrogens with zero attached hydrogens (tertiary/aromatic N) is 2. The van der Waals surface area contributed by atoms with Gasteiger partial charge >= 0.3 is 11.6 Å². The Kier molecular flexibility index (Phi) is 5.45. The van der Waals surface area contributed by atoms with Crippen LogP contribution >= 0.6 is 0 Å². The van der Waals surface area contributed by atoms with Crippen LogP contribution in [0.15, 0.2) is 33.5 Å². The predicted molar refractivity (Wildman–Crippen MR) is 90.8 cm³/mol. The number of carbonyl (C=O) groups is 1. The van der Waals surface area contributed by atoms with Gasteiger partial charge in [0.15, 0.2) is 0 Å². The smallest absolute Gasteiger partial charge is 0.344 e. The summed E-state index contributed by atoms with van der Waals surface area (Å²) in [6.07, 6.45) is 0.614. The number of carbonyl (C=O) groups excluding carboxylic acids is 1. The van der Waals surface area contributed by atoms with Crippen molar-refractivity contribution in [1.82, 2.24) is 0 Å². The minimum absolute atomic E-state index is 0.123. The van der Waals surface area contributed by atoms with Crippen LogP contribution in [0.3, 0.4) is 0 Å². The zero-order valence-corrected chi connectivity index (χ0v) is 14.2. The van der Waals surface area contributed by atoms with Crippen molar-refractivity contribution in [2.24, 2.45) is 0 Å². The summed E-state index contributed by atoms with van der Waals surface area (Å²) in [6.45, 7) is 5.52. The summed E-state index contributed by atoms with van der Waals surface area (Å²) in [7, 11) is 1.11. The predicted octanol–water partition coefficient (Wildman–Crippen LogP) is 1.39. The maximum atomic E-state index is 12.2. The second kappa shape index (κ2) is 7.53. The first-order valence-electron chi connectivity index (χ1n) is 7.69. The van der Waals surface area contributed by atoms with E-state index >= 15 is 0 Å². The van der Waals surface area contributed by atoms with Crippen LogP contribution in [0, 0.1) is 11.3 Å². The fourth-order valence-corrected chi connectivity index (χ4v) is 2.55. The van der Waals surface area contributed by atoms with Gasteiger partial charge < -0.3 is 19.2 Å². The molecule has 0 amide bonds. The van der Waals surface area contributed by atoms with E-state index in [1.54, 1.807) is 18.2 Å². The molecule has 0 saturated carbocycles. The first kappa shape index (κ1) is 18.1. The van der Waals surface area contributed by atoms with Gasteiger partial charge in [-0.1, -0.05) is 5.76 Å². The second-order valence-corrected chi connectivity index (χ2v) is 5.14. The number of esters is 1. The standard InChI is InChI=1S/C18H18N2O5/c1-4-20(5-2)11-6-7-12-13(10-19)17(14(21)9-16(22)24-3)18(23)25-15(12)8-11/h6-9,21H,4-5H2,1-3H3/p-1/b14-9-. The number of fused-ring (bicyclic) bond motifs is 1. The number of ether oxygens (including phenoxy) is 1. The van der Waals surface area contributed by atoms with E-state index in [4.69, 9.17) is 4.42 Å². The summed E-state index contributed by atoms with van der Waals surface area (Å²) in [5, 5.41) is 21.9. The molecule has 7 nitrogen and oxygen atoms in total. The van der Waals surface area contributed by atoms with Gasteiger partial charge in [-0.2, -0.15) is 5.26 Å². The molecule has 0 atom stereocenters. The molecule has 0 saturated heterocycles. The molecule has 0 bridgehead atoms. The molecule has 2 rings (SSSR count). The minimum atomic E-state index is -0.967. The quantitative estimate of drug-likeness (QED) is 0.350. The summed E-state index contributed by atoms with van der Waals surface area (Å²) in [4.78, 5) is 25.5. The second-order valence-electron chi connectivity index (χ2n) is 5.14. The summed E-state index contributed by atoms with van der Waals surface area (Å²) >= 11 is 0. The maximum Gasteiger partial charge on any atom is 0.344 e. The largest absolute Gasteiger partial charge is 0.872 e. The van der Waals surface area contributed by atoms with E-state index in [9.17, 15) is 20.0 Å². The Labute approximate surface area is 144 Å². The van der Waals surface area contributed by atoms with E-state index in [1.807, 2.05) is 19.9 Å². The van der Waals surface area contributed by atoms with Gasteiger partial charge in [0.25, 0.3) is 0 Å². The number of anilines is 1. The SMILES string of the molecule is CCN(CC)c1ccc2c(C#N)c(/C([O-])=C/C(=O)OC)c(=O)oc2c1. The van der Waals surface area contributed by atoms with E-state index in [2.05, 4.69) is 9.64 Å². The van der Waals surface area contributed by atoms with E-state index in [1.165, 1.54) is 0 Å². The van der Waals surface area contributed by atoms with Gasteiger partial charge in [0.2, 0.25) is 0 Å². The van der Waals surface area contributed by atoms with Gasteiger partial charge in [-0.25, -0.2) is 9.59 Å². The van der Waals surface area contributed by atoms with Crippen molar-refractivity contribution >= 4 is 28.4 Å². The zero-order chi connectivity index (χ0) is 18.6. The lowest BCUT2D eigenvalue weighted by Crippen LogP contribution is -2.22. The van der Waals surface area contributed by atoms with Crippen molar-refractivity contribution in [1.29, 1.82) is 5.26 Å². The molecule has 0 aliphatic rings. The van der Waals surface area contributed by atoms with Crippen molar-refractivity contribution in [3.63, 3.8) is 0 Å². The fourth-order valence-electron chi connectivity index (χ4n) is 2.55. The molecular weight excluding hydrogens is 324 g/mol. The first-order chi connectivity index (χ1) is 12.0. The highest BCUT2D eigenvalue weighted by Gasteiger charge is 2.16. The molecule has 0 fully saturated rings. The van der Waals surface area contributed by atoms with E-state index < -0.39 is 22.9 Å². The van der Waals surface area contributed by atoms with E-state index in [0.29, 0.717) is 11.5 Å². The molecule has 0 N–H and O–H groups in total. The number of benzene rings is 1. The van der Waals surface area contributed by atoms with Crippen molar-refractivity contribution in [2.45, 2.75) is 13.8 Å². The highest BCUT2D eigenvalue weighted by molar-refractivity contribution is 5.93. The van der Waals surface area contributed by atoms with Crippen LogP contribution in [0.2, 0.25) is 0 Å². The zero-order valence-electron chi connectivity index (χ0n) is 14.2. The van der Waals surface area contributed by atoms with Gasteiger partial charge in [-0.3, -0.25) is 0 Å². The Morgan fingerprint density at radius 2 is 2.08 bits per heavy atom. The van der Waals surface area contributed by atoms with Crippen LogP contribution in [0.1, 0.15) is 25.0 Å². The molecule has 0 unspecified atom stereocenters. The van der Waals surface area contributed by atoms with Gasteiger partial charge in [0.05, 0.1) is 18.2 Å². The third-order valence-electron chi connectivity index (χ3n) is 3.83. The van der Waals surface area contributed by atoms with Crippen LogP contribution in [-0.2, 0) is 9.53 Å². The van der Waals surface area contributed by atoms with Crippen LogP contribution in [-0.4, -0.2) is 26.2 Å². The molecule has 0 radical (unpaired) electrons. The monoisotopic (exact) mass is 341 g/mol. The van der Waals surface area contributed by atoms with Gasteiger partial charge in [-0.15, -0.1) is 0 Å². The Bertz CT molecular complexity index is 933. The normalized spacial score (nSPS) is 11.2. The lowest BCUT2D eigenvalue weighted by atomic mass is 10.0. The Morgan fingerprint density at radius 3 is 2.64 bits per heavy atom. The van der Waals surface area contributed by atoms with E-state index in [-0.39, 0.29) is 11.1 Å². The molecule has 1 heterocycles. The van der Waals surface area contributed by atoms with Crippen molar-refractivity contribution in [3.8, 4) is 6.07 Å². The number of methoxy groups -OCH3 is 1. The van der Waals surface area contributed by atoms with Crippen molar-refractivity contribution in [3.05, 3.63) is 45.8 Å². The lowest BCUT2D eigenvalue weighted by Gasteiger charge is -2.21. The topological polar surface area (TPSA) is 107 Å². The van der Waals surface area contributed by atoms with E-state index in [0.717, 1.165) is 25.9 Å². The minimum Gasteiger partial charge on any atom is -0.872 e. The molecule has 130 valence electrons. The third kappa shape index (κ3) is 3.48. The van der Waals surface area contributed by atoms with Crippen LogP contribution in [0.5, 0.6) is 0 Å². The Balaban J connectivity index is 2.72. The molecular formula is C18H17N2O5-. The number of hydrogen-bond donors (Lipinski definition) is 0. The maximum absolute atomic E-state index is 12.2. The van der Waals surface area contributed by atoms with Crippen LogP contribution in [0.25, 0.3) is 16.7 Å². The summed E-state index contributed by atoms with van der Waals surface area (Å²) in [6, 6.07) is 6.93. The average molecular weight is 341 g/mol. The third-order valence-corrected chi connectivity index (χ3v) is 3.83. The fraction of sp³-hybridized carbons (Fsp3) is 0.278. The average Bonchev–Trinajstić information content (AvgIpc) is 2.60. The summed E-state index contributed by atoms with van der Waals surface area (Å²) in [5.74, 6) is -1.84. The van der Waals surface area contributed by atoms with Gasteiger partial charge in [-0.05, 0) is 26.0 Å². The number of hydrogen-bond acceptors (Lipinski definition) is 7. The lowest BCUT2D eigenvalue weighted by molar-refractivity contribution is -0.244. The molecule has 0 spiro atoms. The summed E-state index contributed by atoms with van der Waals surface area (Å²) in [5.41, 5.74) is -0.519. The van der Waals surface area contributed by atoms with Gasteiger partial charge in [0.1, 0.15) is 11.7 Å². The molecule has 2 aromatic rings. The molecule has 0 aliphatic carbocycles. The van der Waals surface area contributed by atoms with Crippen molar-refractivity contribution < 1.29 is 19.1 Å². The number of rotatable bonds is 5. The first-order valence-corrected chi connectivity index (χ1v) is 7.69. The molecule has 0 aliphatic heterocycles.